The molecular formula is C8H2Br4Cl2O4-2. The van der Waals surface area contributed by atoms with Crippen molar-refractivity contribution in [2.24, 2.45) is 0 Å². The third-order valence-corrected chi connectivity index (χ3v) is 5.93. The molecule has 0 fully saturated rings. The van der Waals surface area contributed by atoms with Crippen LogP contribution in [0, 0.1) is 0 Å². The van der Waals surface area contributed by atoms with Crippen LogP contribution in [0.1, 0.15) is 20.7 Å². The number of carboxylic acids is 2. The number of rotatable bonds is 2. The van der Waals surface area contributed by atoms with Crippen molar-refractivity contribution in [1.29, 1.82) is 0 Å². The van der Waals surface area contributed by atoms with Crippen LogP contribution in [0.3, 0.4) is 0 Å². The minimum Gasteiger partial charge on any atom is -1.00 e. The molecular weight excluding hydrogens is 551 g/mol. The van der Waals surface area contributed by atoms with E-state index in [9.17, 15) is 9.59 Å². The van der Waals surface area contributed by atoms with Crippen molar-refractivity contribution in [3.8, 4) is 0 Å². The average Bonchev–Trinajstić information content (AvgIpc) is 2.14. The normalized spacial score (nSPS) is 9.11. The van der Waals surface area contributed by atoms with Gasteiger partial charge < -0.3 is 35.0 Å². The van der Waals surface area contributed by atoms with Gasteiger partial charge in [-0.05, 0) is 63.7 Å². The molecule has 18 heavy (non-hydrogen) atoms. The minimum absolute atomic E-state index is 0. The quantitative estimate of drug-likeness (QED) is 0.423. The van der Waals surface area contributed by atoms with Gasteiger partial charge in [0.2, 0.25) is 0 Å². The topological polar surface area (TPSA) is 74.6 Å². The summed E-state index contributed by atoms with van der Waals surface area (Å²) in [5.41, 5.74) is -0.104. The van der Waals surface area contributed by atoms with Crippen molar-refractivity contribution in [1.82, 2.24) is 0 Å². The van der Waals surface area contributed by atoms with Gasteiger partial charge in [-0.1, -0.05) is 0 Å². The summed E-state index contributed by atoms with van der Waals surface area (Å²) < 4.78 is 0.694. The van der Waals surface area contributed by atoms with E-state index in [1.807, 2.05) is 0 Å². The Labute approximate surface area is 148 Å². The summed E-state index contributed by atoms with van der Waals surface area (Å²) in [6.45, 7) is 0. The number of carbonyl (C=O) groups is 2. The average molecular weight is 553 g/mol. The van der Waals surface area contributed by atoms with Crippen molar-refractivity contribution < 1.29 is 44.6 Å². The lowest BCUT2D eigenvalue weighted by Gasteiger charge is -2.11. The molecule has 2 N–H and O–H groups in total. The molecule has 0 saturated heterocycles. The Morgan fingerprint density at radius 3 is 0.944 bits per heavy atom. The van der Waals surface area contributed by atoms with E-state index in [2.05, 4.69) is 63.7 Å². The number of benzene rings is 1. The molecule has 0 spiro atoms. The van der Waals surface area contributed by atoms with Crippen LogP contribution in [0.25, 0.3) is 0 Å². The van der Waals surface area contributed by atoms with Crippen LogP contribution in [0.15, 0.2) is 17.9 Å². The number of aromatic carboxylic acids is 2. The largest absolute Gasteiger partial charge is 1.00 e. The van der Waals surface area contributed by atoms with Crippen molar-refractivity contribution in [2.75, 3.05) is 0 Å². The van der Waals surface area contributed by atoms with Crippen LogP contribution in [-0.2, 0) is 0 Å². The fourth-order valence-corrected chi connectivity index (χ4v) is 3.80. The molecule has 0 saturated carbocycles. The number of hydrogen-bond donors (Lipinski definition) is 2. The Balaban J connectivity index is 0. The molecule has 0 aliphatic heterocycles. The highest BCUT2D eigenvalue weighted by atomic mass is 79.9. The number of halogens is 6. The summed E-state index contributed by atoms with van der Waals surface area (Å²) >= 11 is 12.2. The molecule has 0 heterocycles. The smallest absolute Gasteiger partial charge is 0.338 e. The molecule has 0 bridgehead atoms. The van der Waals surface area contributed by atoms with E-state index in [1.54, 1.807) is 0 Å². The molecule has 1 aromatic carbocycles. The van der Waals surface area contributed by atoms with Gasteiger partial charge in [-0.2, -0.15) is 0 Å². The van der Waals surface area contributed by atoms with Crippen LogP contribution in [0.2, 0.25) is 0 Å². The highest BCUT2D eigenvalue weighted by Gasteiger charge is 2.26. The summed E-state index contributed by atoms with van der Waals surface area (Å²) in [6.07, 6.45) is 0. The van der Waals surface area contributed by atoms with Gasteiger partial charge in [0.15, 0.2) is 0 Å². The van der Waals surface area contributed by atoms with Crippen molar-refractivity contribution in [3.05, 3.63) is 29.0 Å². The van der Waals surface area contributed by atoms with Crippen LogP contribution in [0.5, 0.6) is 0 Å². The first-order valence-corrected chi connectivity index (χ1v) is 6.78. The maximum absolute atomic E-state index is 11.0. The minimum atomic E-state index is -1.17. The molecule has 102 valence electrons. The van der Waals surface area contributed by atoms with Gasteiger partial charge in [0, 0.05) is 17.9 Å². The zero-order valence-corrected chi connectivity index (χ0v) is 15.8. The lowest BCUT2D eigenvalue weighted by atomic mass is 10.1. The maximum atomic E-state index is 11.0. The van der Waals surface area contributed by atoms with Crippen LogP contribution in [0.4, 0.5) is 0 Å². The Morgan fingerprint density at radius 2 is 0.833 bits per heavy atom. The lowest BCUT2D eigenvalue weighted by Crippen LogP contribution is -3.00. The third-order valence-electron chi connectivity index (χ3n) is 1.69. The summed E-state index contributed by atoms with van der Waals surface area (Å²) in [5.74, 6) is -2.34. The number of carboxylic acid groups (broad SMARTS) is 2. The van der Waals surface area contributed by atoms with Crippen molar-refractivity contribution >= 4 is 75.7 Å². The molecule has 10 heteroatoms. The number of hydrogen-bond acceptors (Lipinski definition) is 2. The van der Waals surface area contributed by atoms with E-state index < -0.39 is 11.9 Å². The van der Waals surface area contributed by atoms with E-state index in [4.69, 9.17) is 10.2 Å². The van der Waals surface area contributed by atoms with Gasteiger partial charge >= 0.3 is 11.9 Å². The summed E-state index contributed by atoms with van der Waals surface area (Å²) in [4.78, 5) is 22.0. The van der Waals surface area contributed by atoms with Gasteiger partial charge in [-0.15, -0.1) is 0 Å². The molecule has 0 atom stereocenters. The maximum Gasteiger partial charge on any atom is 0.338 e. The monoisotopic (exact) mass is 548 g/mol. The van der Waals surface area contributed by atoms with Gasteiger partial charge in [0.1, 0.15) is 0 Å². The second kappa shape index (κ2) is 8.06. The SMILES string of the molecule is O=C(O)c1c(Br)c(Br)c(C(=O)O)c(Br)c1Br.[Cl-].[Cl-]. The van der Waals surface area contributed by atoms with Gasteiger partial charge in [0.25, 0.3) is 0 Å². The molecule has 0 radical (unpaired) electrons. The second-order valence-electron chi connectivity index (χ2n) is 2.62. The summed E-state index contributed by atoms with van der Waals surface area (Å²) in [5, 5.41) is 18.0. The van der Waals surface area contributed by atoms with E-state index in [1.165, 1.54) is 0 Å². The highest BCUT2D eigenvalue weighted by Crippen LogP contribution is 2.41. The van der Waals surface area contributed by atoms with Gasteiger partial charge in [0.05, 0.1) is 11.1 Å². The summed E-state index contributed by atoms with van der Waals surface area (Å²) in [7, 11) is 0. The lowest BCUT2D eigenvalue weighted by molar-refractivity contribution is -0.00100. The molecule has 0 aromatic heterocycles. The first kappa shape index (κ1) is 21.0. The zero-order valence-electron chi connectivity index (χ0n) is 7.98. The van der Waals surface area contributed by atoms with E-state index >= 15 is 0 Å². The van der Waals surface area contributed by atoms with E-state index in [-0.39, 0.29) is 53.8 Å². The van der Waals surface area contributed by atoms with Crippen molar-refractivity contribution in [2.45, 2.75) is 0 Å². The predicted molar refractivity (Wildman–Crippen MR) is 71.2 cm³/mol. The predicted octanol–water partition coefficient (Wildman–Crippen LogP) is -1.86. The fraction of sp³-hybridized carbons (Fsp3) is 0. The van der Waals surface area contributed by atoms with Gasteiger partial charge in [-0.3, -0.25) is 0 Å². The molecule has 0 aliphatic rings. The van der Waals surface area contributed by atoms with Crippen LogP contribution >= 0.6 is 63.7 Å². The van der Waals surface area contributed by atoms with Crippen LogP contribution in [-0.4, -0.2) is 22.2 Å². The highest BCUT2D eigenvalue weighted by molar-refractivity contribution is 9.14. The zero-order chi connectivity index (χ0) is 12.6. The van der Waals surface area contributed by atoms with E-state index in [0.29, 0.717) is 0 Å². The molecule has 0 amide bonds. The Morgan fingerprint density at radius 1 is 0.667 bits per heavy atom. The summed E-state index contributed by atoms with van der Waals surface area (Å²) in [6, 6.07) is 0. The first-order chi connectivity index (χ1) is 7.29. The standard InChI is InChI=1S/C8H2Br4O4.2ClH/c9-3-1(7(13)14)4(10)6(12)2(5(3)11)8(15)16;;/h(H,13,14)(H,15,16);2*1H/p-2. The van der Waals surface area contributed by atoms with Gasteiger partial charge in [-0.25, -0.2) is 9.59 Å². The van der Waals surface area contributed by atoms with Crippen molar-refractivity contribution in [3.63, 3.8) is 0 Å². The molecule has 1 rings (SSSR count). The third kappa shape index (κ3) is 3.83. The van der Waals surface area contributed by atoms with Crippen LogP contribution < -0.4 is 24.8 Å². The first-order valence-electron chi connectivity index (χ1n) is 3.61. The molecule has 4 nitrogen and oxygen atoms in total. The Hall–Kier alpha value is 0.660. The Bertz CT molecular complexity index is 432. The molecule has 0 unspecified atom stereocenters. The second-order valence-corrected chi connectivity index (χ2v) is 5.79. The Kier molecular flexibility index (Phi) is 9.39. The van der Waals surface area contributed by atoms with E-state index in [0.717, 1.165) is 0 Å². The molecule has 1 aromatic rings. The fourth-order valence-electron chi connectivity index (χ4n) is 1.01. The molecule has 0 aliphatic carbocycles.